The predicted octanol–water partition coefficient (Wildman–Crippen LogP) is 2.10. The zero-order valence-corrected chi connectivity index (χ0v) is 15.4. The van der Waals surface area contributed by atoms with Crippen molar-refractivity contribution in [3.05, 3.63) is 42.2 Å². The molecule has 1 saturated heterocycles. The smallest absolute Gasteiger partial charge is 0.257 e. The van der Waals surface area contributed by atoms with Gasteiger partial charge in [-0.25, -0.2) is 0 Å². The molecule has 1 N–H and O–H groups in total. The van der Waals surface area contributed by atoms with Gasteiger partial charge in [-0.3, -0.25) is 9.78 Å². The van der Waals surface area contributed by atoms with Gasteiger partial charge in [0.15, 0.2) is 0 Å². The third kappa shape index (κ3) is 4.05. The van der Waals surface area contributed by atoms with E-state index < -0.39 is 0 Å². The van der Waals surface area contributed by atoms with E-state index in [4.69, 9.17) is 9.47 Å². The van der Waals surface area contributed by atoms with Gasteiger partial charge in [-0.05, 0) is 25.2 Å². The first-order valence-corrected chi connectivity index (χ1v) is 8.52. The van der Waals surface area contributed by atoms with E-state index in [0.717, 1.165) is 31.9 Å². The Labute approximate surface area is 153 Å². The Hall–Kier alpha value is -2.80. The lowest BCUT2D eigenvalue weighted by Crippen LogP contribution is -2.44. The minimum absolute atomic E-state index is 0.225. The fourth-order valence-corrected chi connectivity index (χ4v) is 2.89. The second-order valence-electron chi connectivity index (χ2n) is 6.24. The molecule has 0 saturated carbocycles. The molecule has 26 heavy (non-hydrogen) atoms. The van der Waals surface area contributed by atoms with Crippen molar-refractivity contribution in [2.75, 3.05) is 57.7 Å². The molecule has 0 atom stereocenters. The van der Waals surface area contributed by atoms with Gasteiger partial charge in [0.1, 0.15) is 11.5 Å². The molecule has 1 aromatic heterocycles. The molecule has 7 nitrogen and oxygen atoms in total. The molecule has 0 aliphatic carbocycles. The number of benzene rings is 1. The normalized spacial score (nSPS) is 14.8. The van der Waals surface area contributed by atoms with Crippen LogP contribution >= 0.6 is 0 Å². The molecule has 3 rings (SSSR count). The topological polar surface area (TPSA) is 66.9 Å². The summed E-state index contributed by atoms with van der Waals surface area (Å²) in [6, 6.07) is 7.14. The van der Waals surface area contributed by atoms with Crippen LogP contribution in [0.2, 0.25) is 0 Å². The number of likely N-dealkylation sites (N-methyl/N-ethyl adjacent to an activating group) is 1. The Morgan fingerprint density at radius 2 is 1.85 bits per heavy atom. The van der Waals surface area contributed by atoms with Crippen molar-refractivity contribution in [3.63, 3.8) is 0 Å². The number of amides is 1. The second-order valence-corrected chi connectivity index (χ2v) is 6.24. The predicted molar refractivity (Wildman–Crippen MR) is 101 cm³/mol. The number of nitrogens with zero attached hydrogens (tertiary/aromatic N) is 3. The quantitative estimate of drug-likeness (QED) is 0.885. The number of methoxy groups -OCH3 is 2. The van der Waals surface area contributed by atoms with Gasteiger partial charge in [0.2, 0.25) is 0 Å². The number of nitrogens with one attached hydrogen (secondary N) is 1. The van der Waals surface area contributed by atoms with Gasteiger partial charge in [-0.2, -0.15) is 0 Å². The number of hydrogen-bond acceptors (Lipinski definition) is 6. The number of pyridine rings is 1. The molecule has 0 spiro atoms. The first-order valence-electron chi connectivity index (χ1n) is 8.52. The minimum Gasteiger partial charge on any atom is -0.497 e. The zero-order valence-electron chi connectivity index (χ0n) is 15.4. The van der Waals surface area contributed by atoms with Crippen molar-refractivity contribution in [1.82, 2.24) is 9.88 Å². The molecule has 0 unspecified atom stereocenters. The summed E-state index contributed by atoms with van der Waals surface area (Å²) in [5, 5.41) is 2.88. The summed E-state index contributed by atoms with van der Waals surface area (Å²) in [7, 11) is 5.25. The number of aromatic nitrogens is 1. The van der Waals surface area contributed by atoms with Crippen LogP contribution in [-0.2, 0) is 0 Å². The summed E-state index contributed by atoms with van der Waals surface area (Å²) >= 11 is 0. The molecular weight excluding hydrogens is 332 g/mol. The zero-order chi connectivity index (χ0) is 18.5. The third-order valence-electron chi connectivity index (χ3n) is 4.51. The van der Waals surface area contributed by atoms with Gasteiger partial charge in [-0.1, -0.05) is 0 Å². The average molecular weight is 356 g/mol. The van der Waals surface area contributed by atoms with E-state index in [0.29, 0.717) is 22.7 Å². The fourth-order valence-electron chi connectivity index (χ4n) is 2.89. The number of anilines is 2. The maximum Gasteiger partial charge on any atom is 0.257 e. The van der Waals surface area contributed by atoms with Crippen LogP contribution in [0.5, 0.6) is 11.5 Å². The molecular formula is C19H24N4O3. The Balaban J connectivity index is 1.75. The van der Waals surface area contributed by atoms with Crippen LogP contribution in [0.25, 0.3) is 0 Å². The first-order chi connectivity index (χ1) is 12.6. The molecule has 0 bridgehead atoms. The van der Waals surface area contributed by atoms with E-state index in [1.54, 1.807) is 44.8 Å². The number of rotatable bonds is 5. The lowest BCUT2D eigenvalue weighted by atomic mass is 10.2. The van der Waals surface area contributed by atoms with Crippen LogP contribution in [-0.4, -0.2) is 63.2 Å². The summed E-state index contributed by atoms with van der Waals surface area (Å²) in [6.45, 7) is 3.85. The maximum absolute atomic E-state index is 12.7. The van der Waals surface area contributed by atoms with Gasteiger partial charge in [0.25, 0.3) is 5.91 Å². The van der Waals surface area contributed by atoms with E-state index in [1.165, 1.54) is 0 Å². The highest BCUT2D eigenvalue weighted by Crippen LogP contribution is 2.29. The van der Waals surface area contributed by atoms with Crippen LogP contribution in [0, 0.1) is 0 Å². The van der Waals surface area contributed by atoms with Crippen LogP contribution in [0.4, 0.5) is 11.4 Å². The highest BCUT2D eigenvalue weighted by molar-refractivity contribution is 6.05. The maximum atomic E-state index is 12.7. The lowest BCUT2D eigenvalue weighted by Gasteiger charge is -2.33. The molecule has 1 aliphatic heterocycles. The van der Waals surface area contributed by atoms with E-state index in [-0.39, 0.29) is 5.91 Å². The van der Waals surface area contributed by atoms with Gasteiger partial charge in [0, 0.05) is 38.4 Å². The molecule has 1 amide bonds. The Bertz CT molecular complexity index is 773. The highest BCUT2D eigenvalue weighted by Gasteiger charge is 2.17. The van der Waals surface area contributed by atoms with Crippen molar-refractivity contribution in [1.29, 1.82) is 0 Å². The molecule has 2 aromatic rings. The second kappa shape index (κ2) is 8.05. The summed E-state index contributed by atoms with van der Waals surface area (Å²) in [5.74, 6) is 0.983. The van der Waals surface area contributed by atoms with Crippen LogP contribution in [0.1, 0.15) is 10.4 Å². The number of hydrogen-bond donors (Lipinski definition) is 1. The van der Waals surface area contributed by atoms with E-state index in [2.05, 4.69) is 27.1 Å². The van der Waals surface area contributed by atoms with E-state index >= 15 is 0 Å². The summed E-state index contributed by atoms with van der Waals surface area (Å²) < 4.78 is 10.5. The summed E-state index contributed by atoms with van der Waals surface area (Å²) in [6.07, 6.45) is 3.38. The number of ether oxygens (including phenoxy) is 2. The average Bonchev–Trinajstić information content (AvgIpc) is 2.69. The monoisotopic (exact) mass is 356 g/mol. The van der Waals surface area contributed by atoms with Crippen molar-refractivity contribution in [3.8, 4) is 11.5 Å². The number of piperazine rings is 1. The Morgan fingerprint density at radius 3 is 2.54 bits per heavy atom. The molecule has 1 aromatic carbocycles. The molecule has 138 valence electrons. The largest absolute Gasteiger partial charge is 0.497 e. The standard InChI is InChI=1S/C19H24N4O3/c1-22-6-8-23(9-7-22)15-10-14(12-20-13-15)19(24)21-17-5-4-16(25-2)11-18(17)26-3/h4-5,10-13H,6-9H2,1-3H3,(H,21,24). The van der Waals surface area contributed by atoms with Gasteiger partial charge in [0.05, 0.1) is 37.4 Å². The fraction of sp³-hybridized carbons (Fsp3) is 0.368. The molecule has 0 radical (unpaired) electrons. The summed E-state index contributed by atoms with van der Waals surface area (Å²) in [5.41, 5.74) is 2.06. The van der Waals surface area contributed by atoms with Gasteiger partial charge < -0.3 is 24.6 Å². The first kappa shape index (κ1) is 18.0. The lowest BCUT2D eigenvalue weighted by molar-refractivity contribution is 0.102. The van der Waals surface area contributed by atoms with Crippen LogP contribution in [0.3, 0.4) is 0 Å². The molecule has 1 fully saturated rings. The van der Waals surface area contributed by atoms with Crippen molar-refractivity contribution in [2.24, 2.45) is 0 Å². The third-order valence-corrected chi connectivity index (χ3v) is 4.51. The number of carbonyl (C=O) groups excluding carboxylic acids is 1. The van der Waals surface area contributed by atoms with Crippen LogP contribution in [0.15, 0.2) is 36.7 Å². The van der Waals surface area contributed by atoms with Crippen molar-refractivity contribution in [2.45, 2.75) is 0 Å². The Kier molecular flexibility index (Phi) is 5.58. The molecule has 2 heterocycles. The minimum atomic E-state index is -0.225. The van der Waals surface area contributed by atoms with Crippen molar-refractivity contribution < 1.29 is 14.3 Å². The van der Waals surface area contributed by atoms with E-state index in [9.17, 15) is 4.79 Å². The molecule has 7 heteroatoms. The highest BCUT2D eigenvalue weighted by atomic mass is 16.5. The van der Waals surface area contributed by atoms with Gasteiger partial charge >= 0.3 is 0 Å². The summed E-state index contributed by atoms with van der Waals surface area (Å²) in [4.78, 5) is 21.4. The van der Waals surface area contributed by atoms with Gasteiger partial charge in [-0.15, -0.1) is 0 Å². The molecule has 1 aliphatic rings. The van der Waals surface area contributed by atoms with E-state index in [1.807, 2.05) is 6.07 Å². The SMILES string of the molecule is COc1ccc(NC(=O)c2cncc(N3CCN(C)CC3)c2)c(OC)c1. The number of carbonyl (C=O) groups is 1. The van der Waals surface area contributed by atoms with Crippen LogP contribution < -0.4 is 19.7 Å². The van der Waals surface area contributed by atoms with Crippen molar-refractivity contribution >= 4 is 17.3 Å². The Morgan fingerprint density at radius 1 is 1.08 bits per heavy atom.